The number of hydrogen-bond donors (Lipinski definition) is 1. The van der Waals surface area contributed by atoms with E-state index in [-0.39, 0.29) is 24.8 Å². The van der Waals surface area contributed by atoms with Gasteiger partial charge in [0.05, 0.1) is 0 Å². The van der Waals surface area contributed by atoms with E-state index in [9.17, 15) is 0 Å². The van der Waals surface area contributed by atoms with Crippen LogP contribution in [-0.2, 0) is 4.74 Å². The second-order valence-electron chi connectivity index (χ2n) is 6.16. The molecule has 23 heavy (non-hydrogen) atoms. The van der Waals surface area contributed by atoms with Gasteiger partial charge in [-0.3, -0.25) is 0 Å². The van der Waals surface area contributed by atoms with E-state index in [0.29, 0.717) is 5.92 Å². The number of piperazine rings is 1. The zero-order valence-electron chi connectivity index (χ0n) is 13.4. The number of hydrogen-bond acceptors (Lipinski definition) is 3. The molecule has 3 nitrogen and oxygen atoms in total. The summed E-state index contributed by atoms with van der Waals surface area (Å²) in [6.07, 6.45) is 2.40. The lowest BCUT2D eigenvalue weighted by Gasteiger charge is -2.36. The van der Waals surface area contributed by atoms with Crippen LogP contribution in [0.25, 0.3) is 0 Å². The molecule has 1 N–H and O–H groups in total. The monoisotopic (exact) mass is 424 g/mol. The molecule has 132 valence electrons. The van der Waals surface area contributed by atoms with Crippen LogP contribution >= 0.6 is 40.7 Å². The zero-order valence-corrected chi connectivity index (χ0v) is 16.6. The van der Waals surface area contributed by atoms with Crippen LogP contribution in [0.5, 0.6) is 0 Å². The number of nitrogens with zero attached hydrogens (tertiary/aromatic N) is 1. The van der Waals surface area contributed by atoms with E-state index in [1.165, 1.54) is 42.5 Å². The van der Waals surface area contributed by atoms with E-state index in [2.05, 4.69) is 50.4 Å². The molecule has 0 spiro atoms. The highest BCUT2D eigenvalue weighted by Crippen LogP contribution is 2.34. The van der Waals surface area contributed by atoms with Crippen molar-refractivity contribution in [2.45, 2.75) is 18.8 Å². The molecule has 0 radical (unpaired) electrons. The maximum Gasteiger partial charge on any atom is 0.0468 e. The van der Waals surface area contributed by atoms with Crippen LogP contribution in [-0.4, -0.2) is 50.8 Å². The van der Waals surface area contributed by atoms with Crippen LogP contribution in [0.4, 0.5) is 0 Å². The summed E-state index contributed by atoms with van der Waals surface area (Å²) in [5, 5.41) is 3.45. The lowest BCUT2D eigenvalue weighted by Crippen LogP contribution is -2.46. The van der Waals surface area contributed by atoms with Gasteiger partial charge in [-0.15, -0.1) is 24.8 Å². The van der Waals surface area contributed by atoms with E-state index in [1.54, 1.807) is 0 Å². The first-order chi connectivity index (χ1) is 10.3. The quantitative estimate of drug-likeness (QED) is 0.795. The first-order valence-corrected chi connectivity index (χ1v) is 8.88. The largest absolute Gasteiger partial charge is 0.381 e. The summed E-state index contributed by atoms with van der Waals surface area (Å²) in [6.45, 7) is 7.63. The molecule has 0 amide bonds. The van der Waals surface area contributed by atoms with Gasteiger partial charge in [-0.1, -0.05) is 28.1 Å². The summed E-state index contributed by atoms with van der Waals surface area (Å²) in [7, 11) is 0. The van der Waals surface area contributed by atoms with E-state index < -0.39 is 0 Å². The second kappa shape index (κ2) is 10.9. The van der Waals surface area contributed by atoms with Crippen molar-refractivity contribution in [3.63, 3.8) is 0 Å². The smallest absolute Gasteiger partial charge is 0.0468 e. The molecule has 1 atom stereocenters. The number of benzene rings is 1. The molecule has 2 aliphatic heterocycles. The highest BCUT2D eigenvalue weighted by Gasteiger charge is 2.27. The van der Waals surface area contributed by atoms with Crippen molar-refractivity contribution in [2.75, 3.05) is 45.9 Å². The van der Waals surface area contributed by atoms with Gasteiger partial charge < -0.3 is 15.0 Å². The Kier molecular flexibility index (Phi) is 10.1. The van der Waals surface area contributed by atoms with Crippen molar-refractivity contribution >= 4 is 40.7 Å². The lowest BCUT2D eigenvalue weighted by atomic mass is 9.81. The molecule has 0 aliphatic carbocycles. The minimum Gasteiger partial charge on any atom is -0.381 e. The Morgan fingerprint density at radius 1 is 1.17 bits per heavy atom. The van der Waals surface area contributed by atoms with Crippen LogP contribution in [0.1, 0.15) is 24.3 Å². The lowest BCUT2D eigenvalue weighted by molar-refractivity contribution is 0.0515. The topological polar surface area (TPSA) is 24.5 Å². The van der Waals surface area contributed by atoms with E-state index in [0.717, 1.165) is 32.2 Å². The molecular formula is C17H27BrCl2N2O. The fraction of sp³-hybridized carbons (Fsp3) is 0.647. The number of nitrogens with one attached hydrogen (secondary N) is 1. The standard InChI is InChI=1S/C17H25BrN2O.2ClH/c18-16-3-1-2-15(12-16)17(14-4-10-21-11-5-14)13-20-8-6-19-7-9-20;;/h1-3,12,14,17,19H,4-11,13H2;2*1H. The van der Waals surface area contributed by atoms with Crippen molar-refractivity contribution in [1.82, 2.24) is 10.2 Å². The van der Waals surface area contributed by atoms with Gasteiger partial charge in [0.2, 0.25) is 0 Å². The van der Waals surface area contributed by atoms with Gasteiger partial charge in [0.1, 0.15) is 0 Å². The van der Waals surface area contributed by atoms with Gasteiger partial charge in [-0.05, 0) is 42.4 Å². The van der Waals surface area contributed by atoms with Crippen molar-refractivity contribution in [3.05, 3.63) is 34.3 Å². The molecule has 3 rings (SSSR count). The molecule has 1 aromatic carbocycles. The van der Waals surface area contributed by atoms with Gasteiger partial charge in [0.25, 0.3) is 0 Å². The fourth-order valence-electron chi connectivity index (χ4n) is 3.55. The summed E-state index contributed by atoms with van der Waals surface area (Å²) in [5.74, 6) is 1.38. The summed E-state index contributed by atoms with van der Waals surface area (Å²) in [4.78, 5) is 2.62. The number of ether oxygens (including phenoxy) is 1. The van der Waals surface area contributed by atoms with Gasteiger partial charge in [-0.2, -0.15) is 0 Å². The summed E-state index contributed by atoms with van der Waals surface area (Å²) >= 11 is 3.63. The predicted molar refractivity (Wildman–Crippen MR) is 104 cm³/mol. The molecule has 2 aliphatic rings. The predicted octanol–water partition coefficient (Wildman–Crippen LogP) is 3.71. The Morgan fingerprint density at radius 3 is 2.52 bits per heavy atom. The minimum absolute atomic E-state index is 0. The van der Waals surface area contributed by atoms with E-state index in [1.807, 2.05) is 0 Å². The third-order valence-corrected chi connectivity index (χ3v) is 5.27. The van der Waals surface area contributed by atoms with Gasteiger partial charge in [0, 0.05) is 50.4 Å². The molecule has 2 fully saturated rings. The van der Waals surface area contributed by atoms with Crippen molar-refractivity contribution in [3.8, 4) is 0 Å². The van der Waals surface area contributed by atoms with Gasteiger partial charge in [0.15, 0.2) is 0 Å². The van der Waals surface area contributed by atoms with Gasteiger partial charge >= 0.3 is 0 Å². The first kappa shape index (κ1) is 21.2. The van der Waals surface area contributed by atoms with E-state index >= 15 is 0 Å². The van der Waals surface area contributed by atoms with Crippen LogP contribution in [0.15, 0.2) is 28.7 Å². The highest BCUT2D eigenvalue weighted by atomic mass is 79.9. The fourth-order valence-corrected chi connectivity index (χ4v) is 3.97. The summed E-state index contributed by atoms with van der Waals surface area (Å²) < 4.78 is 6.76. The average Bonchev–Trinajstić information content (AvgIpc) is 2.54. The Hall–Kier alpha value is 0.160. The average molecular weight is 426 g/mol. The Balaban J connectivity index is 0.00000132. The van der Waals surface area contributed by atoms with Crippen molar-refractivity contribution < 1.29 is 4.74 Å². The van der Waals surface area contributed by atoms with Crippen LogP contribution in [0.3, 0.4) is 0 Å². The molecule has 1 aromatic rings. The molecule has 6 heteroatoms. The SMILES string of the molecule is Brc1cccc(C(CN2CCNCC2)C2CCOCC2)c1.Cl.Cl. The Labute approximate surface area is 160 Å². The second-order valence-corrected chi connectivity index (χ2v) is 7.08. The molecule has 1 unspecified atom stereocenters. The van der Waals surface area contributed by atoms with Crippen LogP contribution in [0, 0.1) is 5.92 Å². The Bertz CT molecular complexity index is 452. The van der Waals surface area contributed by atoms with Crippen molar-refractivity contribution in [1.29, 1.82) is 0 Å². The summed E-state index contributed by atoms with van der Waals surface area (Å²) in [6, 6.07) is 8.90. The number of rotatable bonds is 4. The molecular weight excluding hydrogens is 399 g/mol. The maximum absolute atomic E-state index is 5.57. The molecule has 2 saturated heterocycles. The van der Waals surface area contributed by atoms with Gasteiger partial charge in [-0.25, -0.2) is 0 Å². The maximum atomic E-state index is 5.57. The normalized spacial score (nSPS) is 21.1. The highest BCUT2D eigenvalue weighted by molar-refractivity contribution is 9.10. The third kappa shape index (κ3) is 6.18. The first-order valence-electron chi connectivity index (χ1n) is 8.09. The van der Waals surface area contributed by atoms with Crippen LogP contribution in [0.2, 0.25) is 0 Å². The number of halogens is 3. The van der Waals surface area contributed by atoms with E-state index in [4.69, 9.17) is 4.74 Å². The van der Waals surface area contributed by atoms with Crippen LogP contribution < -0.4 is 5.32 Å². The molecule has 0 aromatic heterocycles. The Morgan fingerprint density at radius 2 is 1.87 bits per heavy atom. The molecule has 2 heterocycles. The minimum atomic E-state index is 0. The molecule has 0 saturated carbocycles. The third-order valence-electron chi connectivity index (χ3n) is 4.78. The zero-order chi connectivity index (χ0) is 14.5. The summed E-state index contributed by atoms with van der Waals surface area (Å²) in [5.41, 5.74) is 1.48. The molecule has 0 bridgehead atoms. The van der Waals surface area contributed by atoms with Crippen molar-refractivity contribution in [2.24, 2.45) is 5.92 Å².